The highest BCUT2D eigenvalue weighted by Gasteiger charge is 2.23. The lowest BCUT2D eigenvalue weighted by molar-refractivity contribution is 0.0460. The van der Waals surface area contributed by atoms with E-state index in [0.29, 0.717) is 5.92 Å². The summed E-state index contributed by atoms with van der Waals surface area (Å²) in [6.45, 7) is 5.16. The van der Waals surface area contributed by atoms with Crippen LogP contribution < -0.4 is 5.73 Å². The summed E-state index contributed by atoms with van der Waals surface area (Å²) in [5.74, 6) is 2.72. The van der Waals surface area contributed by atoms with Crippen molar-refractivity contribution in [1.29, 1.82) is 0 Å². The highest BCUT2D eigenvalue weighted by molar-refractivity contribution is 7.99. The van der Waals surface area contributed by atoms with Crippen molar-refractivity contribution in [3.63, 3.8) is 0 Å². The number of thioether (sulfide) groups is 1. The Morgan fingerprint density at radius 2 is 2.27 bits per heavy atom. The van der Waals surface area contributed by atoms with Crippen molar-refractivity contribution >= 4 is 11.8 Å². The molecular weight excluding hydrogens is 158 g/mol. The summed E-state index contributed by atoms with van der Waals surface area (Å²) >= 11 is 1.94. The van der Waals surface area contributed by atoms with Crippen LogP contribution in [0.5, 0.6) is 0 Å². The molecule has 1 fully saturated rings. The summed E-state index contributed by atoms with van der Waals surface area (Å²) in [5.41, 5.74) is 5.95. The van der Waals surface area contributed by atoms with Crippen LogP contribution in [-0.4, -0.2) is 30.3 Å². The fourth-order valence-electron chi connectivity index (χ4n) is 1.16. The lowest BCUT2D eigenvalue weighted by Gasteiger charge is -2.29. The van der Waals surface area contributed by atoms with E-state index in [0.717, 1.165) is 18.1 Å². The molecule has 1 aliphatic rings. The molecule has 0 saturated carbocycles. The minimum absolute atomic E-state index is 0.211. The van der Waals surface area contributed by atoms with Crippen LogP contribution in [0.2, 0.25) is 0 Å². The summed E-state index contributed by atoms with van der Waals surface area (Å²) in [6, 6.07) is 0.211. The van der Waals surface area contributed by atoms with Gasteiger partial charge in [-0.05, 0) is 5.92 Å². The molecule has 11 heavy (non-hydrogen) atoms. The third-order valence-corrected chi connectivity index (χ3v) is 3.06. The molecule has 2 unspecified atom stereocenters. The monoisotopic (exact) mass is 175 g/mol. The van der Waals surface area contributed by atoms with E-state index in [9.17, 15) is 0 Å². The van der Waals surface area contributed by atoms with Crippen LogP contribution in [-0.2, 0) is 4.74 Å². The van der Waals surface area contributed by atoms with Crippen LogP contribution in [0, 0.1) is 5.92 Å². The van der Waals surface area contributed by atoms with Crippen molar-refractivity contribution in [2.75, 3.05) is 18.1 Å². The Morgan fingerprint density at radius 3 is 2.73 bits per heavy atom. The molecule has 0 aromatic carbocycles. The van der Waals surface area contributed by atoms with Crippen LogP contribution in [0.3, 0.4) is 0 Å². The Balaban J connectivity index is 2.32. The molecule has 3 heteroatoms. The van der Waals surface area contributed by atoms with Gasteiger partial charge in [0.1, 0.15) is 0 Å². The van der Waals surface area contributed by atoms with Gasteiger partial charge < -0.3 is 10.5 Å². The van der Waals surface area contributed by atoms with Gasteiger partial charge in [-0.25, -0.2) is 0 Å². The van der Waals surface area contributed by atoms with Gasteiger partial charge in [-0.1, -0.05) is 13.8 Å². The van der Waals surface area contributed by atoms with Gasteiger partial charge in [0.25, 0.3) is 0 Å². The third kappa shape index (κ3) is 2.65. The molecule has 0 aromatic rings. The molecule has 0 bridgehead atoms. The van der Waals surface area contributed by atoms with Gasteiger partial charge in [0.2, 0.25) is 0 Å². The maximum absolute atomic E-state index is 5.95. The maximum atomic E-state index is 5.95. The van der Waals surface area contributed by atoms with E-state index >= 15 is 0 Å². The largest absolute Gasteiger partial charge is 0.375 e. The molecule has 0 spiro atoms. The molecule has 1 rings (SSSR count). The second-order valence-electron chi connectivity index (χ2n) is 3.31. The second-order valence-corrected chi connectivity index (χ2v) is 4.46. The summed E-state index contributed by atoms with van der Waals surface area (Å²) in [7, 11) is 0. The fraction of sp³-hybridized carbons (Fsp3) is 1.00. The predicted octanol–water partition coefficient (Wildman–Crippen LogP) is 1.10. The van der Waals surface area contributed by atoms with Crippen LogP contribution in [0.15, 0.2) is 0 Å². The highest BCUT2D eigenvalue weighted by atomic mass is 32.2. The van der Waals surface area contributed by atoms with Gasteiger partial charge in [0.05, 0.1) is 12.7 Å². The van der Waals surface area contributed by atoms with E-state index in [2.05, 4.69) is 13.8 Å². The Labute approximate surface area is 72.9 Å². The van der Waals surface area contributed by atoms with E-state index in [4.69, 9.17) is 10.5 Å². The molecular formula is C8H17NOS. The molecule has 0 aromatic heterocycles. The highest BCUT2D eigenvalue weighted by Crippen LogP contribution is 2.17. The maximum Gasteiger partial charge on any atom is 0.0818 e. The standard InChI is InChI=1S/C8H17NOS/c1-6(2)8(9)7-5-11-4-3-10-7/h6-8H,3-5,9H2,1-2H3. The number of hydrogen-bond donors (Lipinski definition) is 1. The molecule has 2 N–H and O–H groups in total. The predicted molar refractivity (Wildman–Crippen MR) is 49.9 cm³/mol. The molecule has 1 saturated heterocycles. The molecule has 1 aliphatic heterocycles. The lowest BCUT2D eigenvalue weighted by atomic mass is 10.0. The first-order chi connectivity index (χ1) is 5.22. The lowest BCUT2D eigenvalue weighted by Crippen LogP contribution is -2.44. The summed E-state index contributed by atoms with van der Waals surface area (Å²) in [6.07, 6.45) is 0.286. The molecule has 2 atom stereocenters. The van der Waals surface area contributed by atoms with E-state index < -0.39 is 0 Å². The Bertz CT molecular complexity index is 113. The van der Waals surface area contributed by atoms with E-state index in [1.807, 2.05) is 11.8 Å². The Hall–Kier alpha value is 0.270. The van der Waals surface area contributed by atoms with E-state index in [1.54, 1.807) is 0 Å². The first-order valence-electron chi connectivity index (χ1n) is 4.16. The van der Waals surface area contributed by atoms with Gasteiger partial charge in [-0.2, -0.15) is 11.8 Å². The minimum Gasteiger partial charge on any atom is -0.375 e. The number of hydrogen-bond acceptors (Lipinski definition) is 3. The second kappa shape index (κ2) is 4.33. The summed E-state index contributed by atoms with van der Waals surface area (Å²) < 4.78 is 5.56. The van der Waals surface area contributed by atoms with Crippen LogP contribution in [0.25, 0.3) is 0 Å². The van der Waals surface area contributed by atoms with Crippen molar-refractivity contribution in [3.05, 3.63) is 0 Å². The van der Waals surface area contributed by atoms with E-state index in [1.165, 1.54) is 0 Å². The quantitative estimate of drug-likeness (QED) is 0.682. The normalized spacial score (nSPS) is 28.9. The zero-order valence-corrected chi connectivity index (χ0v) is 8.06. The number of rotatable bonds is 2. The molecule has 1 heterocycles. The van der Waals surface area contributed by atoms with Gasteiger partial charge in [-0.15, -0.1) is 0 Å². The summed E-state index contributed by atoms with van der Waals surface area (Å²) in [4.78, 5) is 0. The summed E-state index contributed by atoms with van der Waals surface area (Å²) in [5, 5.41) is 0. The topological polar surface area (TPSA) is 35.2 Å². The first-order valence-corrected chi connectivity index (χ1v) is 5.32. The average molecular weight is 175 g/mol. The van der Waals surface area contributed by atoms with Crippen LogP contribution >= 0.6 is 11.8 Å². The van der Waals surface area contributed by atoms with Crippen molar-refractivity contribution < 1.29 is 4.74 Å². The van der Waals surface area contributed by atoms with Gasteiger partial charge in [0, 0.05) is 17.5 Å². The SMILES string of the molecule is CC(C)C(N)C1CSCCO1. The Kier molecular flexibility index (Phi) is 3.69. The number of nitrogens with two attached hydrogens (primary N) is 1. The zero-order valence-electron chi connectivity index (χ0n) is 7.25. The Morgan fingerprint density at radius 1 is 1.55 bits per heavy atom. The molecule has 66 valence electrons. The van der Waals surface area contributed by atoms with Crippen LogP contribution in [0.1, 0.15) is 13.8 Å². The van der Waals surface area contributed by atoms with E-state index in [-0.39, 0.29) is 12.1 Å². The molecule has 0 aliphatic carbocycles. The molecule has 2 nitrogen and oxygen atoms in total. The van der Waals surface area contributed by atoms with Gasteiger partial charge in [0.15, 0.2) is 0 Å². The zero-order chi connectivity index (χ0) is 8.27. The average Bonchev–Trinajstić information content (AvgIpc) is 2.05. The van der Waals surface area contributed by atoms with Gasteiger partial charge in [-0.3, -0.25) is 0 Å². The smallest absolute Gasteiger partial charge is 0.0818 e. The number of ether oxygens (including phenoxy) is 1. The first kappa shape index (κ1) is 9.36. The van der Waals surface area contributed by atoms with Crippen LogP contribution in [0.4, 0.5) is 0 Å². The van der Waals surface area contributed by atoms with Crippen molar-refractivity contribution in [1.82, 2.24) is 0 Å². The van der Waals surface area contributed by atoms with Crippen molar-refractivity contribution in [2.24, 2.45) is 11.7 Å². The third-order valence-electron chi connectivity index (χ3n) is 2.04. The minimum atomic E-state index is 0.211. The molecule has 0 radical (unpaired) electrons. The van der Waals surface area contributed by atoms with Crippen molar-refractivity contribution in [2.45, 2.75) is 26.0 Å². The van der Waals surface area contributed by atoms with Crippen molar-refractivity contribution in [3.8, 4) is 0 Å². The van der Waals surface area contributed by atoms with Gasteiger partial charge >= 0.3 is 0 Å². The molecule has 0 amide bonds. The fourth-order valence-corrected chi connectivity index (χ4v) is 2.09.